The summed E-state index contributed by atoms with van der Waals surface area (Å²) in [6.07, 6.45) is 3.20. The van der Waals surface area contributed by atoms with Crippen molar-refractivity contribution in [1.82, 2.24) is 9.55 Å². The zero-order chi connectivity index (χ0) is 14.5. The van der Waals surface area contributed by atoms with Crippen LogP contribution in [0.1, 0.15) is 45.9 Å². The summed E-state index contributed by atoms with van der Waals surface area (Å²) in [6.45, 7) is 6.67. The topological polar surface area (TPSA) is 64.1 Å². The van der Waals surface area contributed by atoms with E-state index in [4.69, 9.17) is 10.7 Å². The van der Waals surface area contributed by atoms with Crippen molar-refractivity contribution in [2.75, 3.05) is 12.3 Å². The van der Waals surface area contributed by atoms with E-state index in [0.29, 0.717) is 0 Å². The van der Waals surface area contributed by atoms with Crippen molar-refractivity contribution in [3.63, 3.8) is 0 Å². The van der Waals surface area contributed by atoms with Crippen LogP contribution in [0.5, 0.6) is 0 Å². The Bertz CT molecular complexity index is 642. The Hall–Kier alpha value is -1.55. The highest BCUT2D eigenvalue weighted by Crippen LogP contribution is 2.43. The van der Waals surface area contributed by atoms with Crippen molar-refractivity contribution in [3.8, 4) is 0 Å². The molecule has 1 aliphatic rings. The molecule has 0 aliphatic heterocycles. The van der Waals surface area contributed by atoms with Gasteiger partial charge in [0.2, 0.25) is 0 Å². The smallest absolute Gasteiger partial charge is 0.115 e. The summed E-state index contributed by atoms with van der Waals surface area (Å²) in [4.78, 5) is 4.81. The van der Waals surface area contributed by atoms with Crippen LogP contribution in [0.25, 0.3) is 11.0 Å². The molecule has 1 saturated carbocycles. The van der Waals surface area contributed by atoms with E-state index in [1.165, 1.54) is 6.42 Å². The fourth-order valence-corrected chi connectivity index (χ4v) is 3.12. The van der Waals surface area contributed by atoms with Gasteiger partial charge in [0, 0.05) is 11.1 Å². The maximum atomic E-state index is 9.94. The van der Waals surface area contributed by atoms with Crippen LogP contribution >= 0.6 is 0 Å². The van der Waals surface area contributed by atoms with Crippen LogP contribution in [-0.4, -0.2) is 21.3 Å². The maximum absolute atomic E-state index is 9.94. The number of aliphatic hydroxyl groups excluding tert-OH is 1. The Kier molecular flexibility index (Phi) is 2.83. The molecule has 3 N–H and O–H groups in total. The fourth-order valence-electron chi connectivity index (χ4n) is 3.12. The zero-order valence-electron chi connectivity index (χ0n) is 12.5. The number of hydrogen-bond donors (Lipinski definition) is 2. The molecule has 1 aromatic heterocycles. The fraction of sp³-hybridized carbons (Fsp3) is 0.562. The van der Waals surface area contributed by atoms with E-state index in [2.05, 4.69) is 25.3 Å². The highest BCUT2D eigenvalue weighted by Gasteiger charge is 2.42. The maximum Gasteiger partial charge on any atom is 0.115 e. The van der Waals surface area contributed by atoms with Gasteiger partial charge in [-0.15, -0.1) is 0 Å². The first-order chi connectivity index (χ1) is 9.37. The van der Waals surface area contributed by atoms with Gasteiger partial charge in [0.15, 0.2) is 0 Å². The zero-order valence-corrected chi connectivity index (χ0v) is 12.5. The molecular weight excluding hydrogens is 250 g/mol. The first kappa shape index (κ1) is 13.4. The van der Waals surface area contributed by atoms with E-state index in [1.807, 2.05) is 18.2 Å². The molecule has 0 radical (unpaired) electrons. The molecule has 108 valence electrons. The average molecular weight is 273 g/mol. The Balaban J connectivity index is 2.32. The molecule has 4 nitrogen and oxygen atoms in total. The Morgan fingerprint density at radius 2 is 2.05 bits per heavy atom. The Labute approximate surface area is 119 Å². The minimum atomic E-state index is -0.173. The van der Waals surface area contributed by atoms with Crippen molar-refractivity contribution in [1.29, 1.82) is 0 Å². The second kappa shape index (κ2) is 4.22. The number of rotatable bonds is 2. The molecule has 3 rings (SSSR count). The average Bonchev–Trinajstić information content (AvgIpc) is 2.67. The Morgan fingerprint density at radius 1 is 1.35 bits per heavy atom. The van der Waals surface area contributed by atoms with Crippen molar-refractivity contribution >= 4 is 16.7 Å². The van der Waals surface area contributed by atoms with Crippen LogP contribution in [0.2, 0.25) is 0 Å². The molecule has 1 heterocycles. The van der Waals surface area contributed by atoms with Gasteiger partial charge in [0.05, 0.1) is 23.2 Å². The van der Waals surface area contributed by atoms with Gasteiger partial charge >= 0.3 is 0 Å². The van der Waals surface area contributed by atoms with Crippen molar-refractivity contribution < 1.29 is 5.11 Å². The second-order valence-electron chi connectivity index (χ2n) is 7.00. The minimum absolute atomic E-state index is 0.0639. The van der Waals surface area contributed by atoms with Gasteiger partial charge in [0.1, 0.15) is 5.82 Å². The predicted octanol–water partition coefficient (Wildman–Crippen LogP) is 2.79. The molecule has 0 spiro atoms. The van der Waals surface area contributed by atoms with Gasteiger partial charge < -0.3 is 15.4 Å². The number of nitrogen functional groups attached to an aromatic ring is 1. The molecular formula is C16H23N3O. The highest BCUT2D eigenvalue weighted by atomic mass is 16.3. The first-order valence-corrected chi connectivity index (χ1v) is 7.27. The third-order valence-corrected chi connectivity index (χ3v) is 4.40. The standard InChI is InChI=1S/C16H23N3O/c1-15(2,3)14-18-12-9-11(17)5-6-13(12)19(14)16(10-20)7-4-8-16/h5-6,9,20H,4,7-8,10,17H2,1-3H3. The third-order valence-electron chi connectivity index (χ3n) is 4.40. The summed E-state index contributed by atoms with van der Waals surface area (Å²) in [5.41, 5.74) is 8.38. The number of imidazole rings is 1. The minimum Gasteiger partial charge on any atom is -0.399 e. The molecule has 4 heteroatoms. The summed E-state index contributed by atoms with van der Waals surface area (Å²) in [7, 11) is 0. The van der Waals surface area contributed by atoms with Gasteiger partial charge in [-0.3, -0.25) is 0 Å². The second-order valence-corrected chi connectivity index (χ2v) is 7.00. The summed E-state index contributed by atoms with van der Waals surface area (Å²) >= 11 is 0. The van der Waals surface area contributed by atoms with Crippen LogP contribution in [0.15, 0.2) is 18.2 Å². The summed E-state index contributed by atoms with van der Waals surface area (Å²) < 4.78 is 2.27. The normalized spacial score (nSPS) is 18.2. The molecule has 0 unspecified atom stereocenters. The largest absolute Gasteiger partial charge is 0.399 e. The number of benzene rings is 1. The number of aliphatic hydroxyl groups is 1. The number of fused-ring (bicyclic) bond motifs is 1. The van der Waals surface area contributed by atoms with Gasteiger partial charge in [-0.2, -0.15) is 0 Å². The number of anilines is 1. The Morgan fingerprint density at radius 3 is 2.55 bits per heavy atom. The number of hydrogen-bond acceptors (Lipinski definition) is 3. The quantitative estimate of drug-likeness (QED) is 0.827. The number of nitrogens with two attached hydrogens (primary N) is 1. The van der Waals surface area contributed by atoms with Crippen LogP contribution in [-0.2, 0) is 11.0 Å². The molecule has 1 aromatic carbocycles. The van der Waals surface area contributed by atoms with Crippen molar-refractivity contribution in [2.24, 2.45) is 0 Å². The van der Waals surface area contributed by atoms with Gasteiger partial charge in [-0.25, -0.2) is 4.98 Å². The molecule has 1 aliphatic carbocycles. The van der Waals surface area contributed by atoms with E-state index in [1.54, 1.807) is 0 Å². The summed E-state index contributed by atoms with van der Waals surface area (Å²) in [5.74, 6) is 1.03. The lowest BCUT2D eigenvalue weighted by molar-refractivity contribution is 0.0539. The van der Waals surface area contributed by atoms with Gasteiger partial charge in [-0.05, 0) is 37.5 Å². The number of nitrogens with zero attached hydrogens (tertiary/aromatic N) is 2. The number of aromatic nitrogens is 2. The summed E-state index contributed by atoms with van der Waals surface area (Å²) in [6, 6.07) is 5.87. The predicted molar refractivity (Wildman–Crippen MR) is 81.8 cm³/mol. The third kappa shape index (κ3) is 1.82. The lowest BCUT2D eigenvalue weighted by Crippen LogP contribution is -2.46. The first-order valence-electron chi connectivity index (χ1n) is 7.27. The lowest BCUT2D eigenvalue weighted by atomic mass is 9.76. The van der Waals surface area contributed by atoms with E-state index < -0.39 is 0 Å². The molecule has 20 heavy (non-hydrogen) atoms. The highest BCUT2D eigenvalue weighted by molar-refractivity contribution is 5.80. The van der Waals surface area contributed by atoms with E-state index in [0.717, 1.165) is 35.4 Å². The van der Waals surface area contributed by atoms with Crippen LogP contribution < -0.4 is 5.73 Å². The van der Waals surface area contributed by atoms with Crippen molar-refractivity contribution in [3.05, 3.63) is 24.0 Å². The van der Waals surface area contributed by atoms with Crippen LogP contribution in [0.4, 0.5) is 5.69 Å². The molecule has 0 bridgehead atoms. The monoisotopic (exact) mass is 273 g/mol. The molecule has 1 fully saturated rings. The van der Waals surface area contributed by atoms with Gasteiger partial charge in [-0.1, -0.05) is 20.8 Å². The molecule has 2 aromatic rings. The lowest BCUT2D eigenvalue weighted by Gasteiger charge is -2.44. The van der Waals surface area contributed by atoms with Crippen molar-refractivity contribution in [2.45, 2.75) is 51.0 Å². The van der Waals surface area contributed by atoms with E-state index in [-0.39, 0.29) is 17.6 Å². The summed E-state index contributed by atoms with van der Waals surface area (Å²) in [5, 5.41) is 9.94. The van der Waals surface area contributed by atoms with Gasteiger partial charge in [0.25, 0.3) is 0 Å². The van der Waals surface area contributed by atoms with Crippen LogP contribution in [0, 0.1) is 0 Å². The van der Waals surface area contributed by atoms with E-state index >= 15 is 0 Å². The molecule has 0 amide bonds. The molecule has 0 saturated heterocycles. The van der Waals surface area contributed by atoms with Crippen LogP contribution in [0.3, 0.4) is 0 Å². The van der Waals surface area contributed by atoms with E-state index in [9.17, 15) is 5.11 Å². The SMILES string of the molecule is CC(C)(C)c1nc2cc(N)ccc2n1C1(CO)CCC1. The molecule has 0 atom stereocenters.